The zero-order valence-corrected chi connectivity index (χ0v) is 10.9. The van der Waals surface area contributed by atoms with E-state index in [1.165, 1.54) is 12.1 Å². The maximum Gasteiger partial charge on any atom is 0.126 e. The molecule has 1 aromatic carbocycles. The molecular formula is C13H12BrFN2. The third kappa shape index (κ3) is 3.27. The van der Waals surface area contributed by atoms with Crippen molar-refractivity contribution in [3.63, 3.8) is 0 Å². The van der Waals surface area contributed by atoms with Gasteiger partial charge in [-0.05, 0) is 52.7 Å². The van der Waals surface area contributed by atoms with Gasteiger partial charge in [-0.3, -0.25) is 0 Å². The topological polar surface area (TPSA) is 24.9 Å². The van der Waals surface area contributed by atoms with Gasteiger partial charge in [0.05, 0.1) is 6.04 Å². The van der Waals surface area contributed by atoms with Gasteiger partial charge in [-0.25, -0.2) is 9.37 Å². The Morgan fingerprint density at radius 1 is 1.29 bits per heavy atom. The predicted molar refractivity (Wildman–Crippen MR) is 70.4 cm³/mol. The number of benzene rings is 1. The van der Waals surface area contributed by atoms with E-state index in [-0.39, 0.29) is 11.9 Å². The minimum absolute atomic E-state index is 0.0133. The summed E-state index contributed by atoms with van der Waals surface area (Å²) in [4.78, 5) is 4.21. The fourth-order valence-electron chi connectivity index (χ4n) is 1.54. The maximum atomic E-state index is 13.1. The van der Waals surface area contributed by atoms with Crippen LogP contribution in [0.15, 0.2) is 47.1 Å². The number of halogens is 2. The molecule has 2 rings (SSSR count). The van der Waals surface area contributed by atoms with Crippen molar-refractivity contribution in [3.8, 4) is 0 Å². The average molecular weight is 295 g/mol. The van der Waals surface area contributed by atoms with E-state index in [1.54, 1.807) is 12.3 Å². The Balaban J connectivity index is 2.11. The van der Waals surface area contributed by atoms with Crippen molar-refractivity contribution in [2.75, 3.05) is 5.32 Å². The molecule has 1 unspecified atom stereocenters. The highest BCUT2D eigenvalue weighted by Gasteiger charge is 2.06. The van der Waals surface area contributed by atoms with Gasteiger partial charge in [0.1, 0.15) is 11.6 Å². The SMILES string of the molecule is CC(Nc1ccc(Br)cn1)c1cccc(F)c1. The molecule has 2 nitrogen and oxygen atoms in total. The van der Waals surface area contributed by atoms with Gasteiger partial charge < -0.3 is 5.32 Å². The van der Waals surface area contributed by atoms with Gasteiger partial charge in [0, 0.05) is 10.7 Å². The average Bonchev–Trinajstić information content (AvgIpc) is 2.32. The van der Waals surface area contributed by atoms with E-state index < -0.39 is 0 Å². The third-order valence-corrected chi connectivity index (χ3v) is 2.91. The molecule has 0 saturated heterocycles. The van der Waals surface area contributed by atoms with Crippen LogP contribution in [0.2, 0.25) is 0 Å². The number of pyridine rings is 1. The zero-order chi connectivity index (χ0) is 12.3. The molecule has 0 bridgehead atoms. The first-order chi connectivity index (χ1) is 8.15. The van der Waals surface area contributed by atoms with Crippen molar-refractivity contribution >= 4 is 21.7 Å². The lowest BCUT2D eigenvalue weighted by atomic mass is 10.1. The van der Waals surface area contributed by atoms with Crippen molar-refractivity contribution in [3.05, 3.63) is 58.4 Å². The second-order valence-electron chi connectivity index (χ2n) is 3.78. The molecular weight excluding hydrogens is 283 g/mol. The van der Waals surface area contributed by atoms with Gasteiger partial charge in [0.2, 0.25) is 0 Å². The lowest BCUT2D eigenvalue weighted by Gasteiger charge is -2.14. The highest BCUT2D eigenvalue weighted by Crippen LogP contribution is 2.19. The summed E-state index contributed by atoms with van der Waals surface area (Å²) in [7, 11) is 0. The molecule has 0 aliphatic heterocycles. The Morgan fingerprint density at radius 2 is 2.12 bits per heavy atom. The molecule has 17 heavy (non-hydrogen) atoms. The van der Waals surface area contributed by atoms with Crippen LogP contribution in [-0.2, 0) is 0 Å². The van der Waals surface area contributed by atoms with Gasteiger partial charge in [-0.15, -0.1) is 0 Å². The van der Waals surface area contributed by atoms with E-state index in [2.05, 4.69) is 26.2 Å². The second kappa shape index (κ2) is 5.27. The van der Waals surface area contributed by atoms with Crippen LogP contribution in [0.4, 0.5) is 10.2 Å². The Labute approximate surface area is 108 Å². The summed E-state index contributed by atoms with van der Waals surface area (Å²) in [5.74, 6) is 0.546. The van der Waals surface area contributed by atoms with E-state index in [0.29, 0.717) is 0 Å². The van der Waals surface area contributed by atoms with Gasteiger partial charge in [0.15, 0.2) is 0 Å². The van der Waals surface area contributed by atoms with Crippen LogP contribution in [0.1, 0.15) is 18.5 Å². The standard InChI is InChI=1S/C13H12BrFN2/c1-9(10-3-2-4-12(15)7-10)17-13-6-5-11(14)8-16-13/h2-9H,1H3,(H,16,17). The first kappa shape index (κ1) is 12.0. The Hall–Kier alpha value is -1.42. The number of nitrogens with zero attached hydrogens (tertiary/aromatic N) is 1. The molecule has 0 amide bonds. The fraction of sp³-hybridized carbons (Fsp3) is 0.154. The van der Waals surface area contributed by atoms with E-state index in [0.717, 1.165) is 15.9 Å². The third-order valence-electron chi connectivity index (χ3n) is 2.44. The summed E-state index contributed by atoms with van der Waals surface area (Å²) < 4.78 is 14.0. The highest BCUT2D eigenvalue weighted by atomic mass is 79.9. The van der Waals surface area contributed by atoms with Crippen LogP contribution >= 0.6 is 15.9 Å². The number of aromatic nitrogens is 1. The van der Waals surface area contributed by atoms with Gasteiger partial charge in [-0.2, -0.15) is 0 Å². The lowest BCUT2D eigenvalue weighted by molar-refractivity contribution is 0.623. The molecule has 1 aromatic heterocycles. The number of hydrogen-bond acceptors (Lipinski definition) is 2. The van der Waals surface area contributed by atoms with Crippen LogP contribution in [0.25, 0.3) is 0 Å². The van der Waals surface area contributed by atoms with Crippen LogP contribution < -0.4 is 5.32 Å². The largest absolute Gasteiger partial charge is 0.364 e. The molecule has 2 aromatic rings. The monoisotopic (exact) mass is 294 g/mol. The summed E-state index contributed by atoms with van der Waals surface area (Å²) in [5, 5.41) is 3.21. The van der Waals surface area contributed by atoms with E-state index in [9.17, 15) is 4.39 Å². The molecule has 0 aliphatic carbocycles. The van der Waals surface area contributed by atoms with Crippen LogP contribution in [0, 0.1) is 5.82 Å². The molecule has 1 heterocycles. The molecule has 1 N–H and O–H groups in total. The zero-order valence-electron chi connectivity index (χ0n) is 9.32. The van der Waals surface area contributed by atoms with E-state index in [1.807, 2.05) is 25.1 Å². The van der Waals surface area contributed by atoms with Crippen LogP contribution in [-0.4, -0.2) is 4.98 Å². The first-order valence-corrected chi connectivity index (χ1v) is 6.08. The van der Waals surface area contributed by atoms with Gasteiger partial charge in [0.25, 0.3) is 0 Å². The fourth-order valence-corrected chi connectivity index (χ4v) is 1.78. The van der Waals surface area contributed by atoms with Crippen molar-refractivity contribution < 1.29 is 4.39 Å². The second-order valence-corrected chi connectivity index (χ2v) is 4.70. The molecule has 88 valence electrons. The van der Waals surface area contributed by atoms with E-state index >= 15 is 0 Å². The molecule has 0 saturated carbocycles. The summed E-state index contributed by atoms with van der Waals surface area (Å²) in [5.41, 5.74) is 0.898. The molecule has 1 atom stereocenters. The Morgan fingerprint density at radius 3 is 2.76 bits per heavy atom. The van der Waals surface area contributed by atoms with Crippen LogP contribution in [0.5, 0.6) is 0 Å². The Bertz CT molecular complexity index is 499. The van der Waals surface area contributed by atoms with Crippen molar-refractivity contribution in [1.82, 2.24) is 4.98 Å². The highest BCUT2D eigenvalue weighted by molar-refractivity contribution is 9.10. The lowest BCUT2D eigenvalue weighted by Crippen LogP contribution is -2.07. The quantitative estimate of drug-likeness (QED) is 0.919. The minimum atomic E-state index is -0.222. The van der Waals surface area contributed by atoms with Crippen LogP contribution in [0.3, 0.4) is 0 Å². The molecule has 4 heteroatoms. The number of hydrogen-bond donors (Lipinski definition) is 1. The summed E-state index contributed by atoms with van der Waals surface area (Å²) in [6.45, 7) is 1.97. The summed E-state index contributed by atoms with van der Waals surface area (Å²) in [6.07, 6.45) is 1.72. The van der Waals surface area contributed by atoms with E-state index in [4.69, 9.17) is 0 Å². The van der Waals surface area contributed by atoms with Crippen molar-refractivity contribution in [1.29, 1.82) is 0 Å². The molecule has 0 aliphatic rings. The first-order valence-electron chi connectivity index (χ1n) is 5.29. The van der Waals surface area contributed by atoms with Gasteiger partial charge in [-0.1, -0.05) is 12.1 Å². The molecule has 0 spiro atoms. The number of rotatable bonds is 3. The molecule has 0 radical (unpaired) electrons. The van der Waals surface area contributed by atoms with Crippen molar-refractivity contribution in [2.45, 2.75) is 13.0 Å². The van der Waals surface area contributed by atoms with Gasteiger partial charge >= 0.3 is 0 Å². The maximum absolute atomic E-state index is 13.1. The predicted octanol–water partition coefficient (Wildman–Crippen LogP) is 4.16. The van der Waals surface area contributed by atoms with Crippen molar-refractivity contribution in [2.24, 2.45) is 0 Å². The summed E-state index contributed by atoms with van der Waals surface area (Å²) >= 11 is 3.33. The minimum Gasteiger partial charge on any atom is -0.364 e. The normalized spacial score (nSPS) is 12.2. The molecule has 0 fully saturated rings. The number of anilines is 1. The smallest absolute Gasteiger partial charge is 0.126 e. The summed E-state index contributed by atoms with van der Waals surface area (Å²) in [6, 6.07) is 10.4. The Kier molecular flexibility index (Phi) is 3.74. The number of nitrogens with one attached hydrogen (secondary N) is 1.